The van der Waals surface area contributed by atoms with Gasteiger partial charge in [0.15, 0.2) is 0 Å². The number of halogens is 5. The Balaban J connectivity index is 2.43. The second kappa shape index (κ2) is 5.96. The Labute approximate surface area is 127 Å². The molecule has 0 atom stereocenters. The third-order valence-corrected chi connectivity index (χ3v) is 3.05. The van der Waals surface area contributed by atoms with Crippen molar-refractivity contribution >= 4 is 17.5 Å². The Morgan fingerprint density at radius 1 is 1.41 bits per heavy atom. The van der Waals surface area contributed by atoms with Crippen LogP contribution in [0.25, 0.3) is 11.3 Å². The number of benzene rings is 1. The molecule has 0 radical (unpaired) electrons. The van der Waals surface area contributed by atoms with Crippen molar-refractivity contribution in [3.63, 3.8) is 0 Å². The van der Waals surface area contributed by atoms with E-state index in [-0.39, 0.29) is 27.6 Å². The fraction of sp³-hybridized carbons (Fsp3) is 0.231. The van der Waals surface area contributed by atoms with Gasteiger partial charge in [0.05, 0.1) is 10.6 Å². The molecule has 22 heavy (non-hydrogen) atoms. The smallest absolute Gasteiger partial charge is 0.360 e. The van der Waals surface area contributed by atoms with Crippen molar-refractivity contribution in [1.82, 2.24) is 10.5 Å². The van der Waals surface area contributed by atoms with Gasteiger partial charge < -0.3 is 9.84 Å². The van der Waals surface area contributed by atoms with Crippen molar-refractivity contribution in [3.8, 4) is 11.3 Å². The summed E-state index contributed by atoms with van der Waals surface area (Å²) >= 11 is 5.87. The minimum Gasteiger partial charge on any atom is -0.360 e. The first-order valence-corrected chi connectivity index (χ1v) is 6.34. The van der Waals surface area contributed by atoms with Crippen LogP contribution < -0.4 is 5.32 Å². The average Bonchev–Trinajstić information content (AvgIpc) is 2.77. The molecule has 1 amide bonds. The first-order valence-electron chi connectivity index (χ1n) is 5.96. The third-order valence-electron chi connectivity index (χ3n) is 2.74. The van der Waals surface area contributed by atoms with Gasteiger partial charge in [-0.15, -0.1) is 0 Å². The summed E-state index contributed by atoms with van der Waals surface area (Å²) in [7, 11) is 0. The van der Waals surface area contributed by atoms with Crippen molar-refractivity contribution in [3.05, 3.63) is 40.4 Å². The van der Waals surface area contributed by atoms with Crippen LogP contribution in [-0.4, -0.2) is 23.8 Å². The lowest BCUT2D eigenvalue weighted by Gasteiger charge is -2.09. The Hall–Kier alpha value is -2.09. The zero-order chi connectivity index (χ0) is 16.5. The summed E-state index contributed by atoms with van der Waals surface area (Å²) in [5.74, 6) is -1.90. The topological polar surface area (TPSA) is 55.1 Å². The largest absolute Gasteiger partial charge is 0.405 e. The van der Waals surface area contributed by atoms with Crippen molar-refractivity contribution < 1.29 is 26.9 Å². The minimum atomic E-state index is -4.57. The van der Waals surface area contributed by atoms with E-state index in [0.717, 1.165) is 6.07 Å². The van der Waals surface area contributed by atoms with E-state index in [4.69, 9.17) is 16.1 Å². The molecule has 0 aliphatic carbocycles. The number of hydrogen-bond acceptors (Lipinski definition) is 3. The van der Waals surface area contributed by atoms with Gasteiger partial charge in [0.1, 0.15) is 29.4 Å². The summed E-state index contributed by atoms with van der Waals surface area (Å²) in [6.07, 6.45) is -4.57. The molecule has 0 spiro atoms. The molecule has 2 aromatic rings. The highest BCUT2D eigenvalue weighted by molar-refractivity contribution is 6.33. The van der Waals surface area contributed by atoms with E-state index in [9.17, 15) is 22.4 Å². The summed E-state index contributed by atoms with van der Waals surface area (Å²) in [5, 5.41) is 5.17. The number of nitrogens with zero attached hydrogens (tertiary/aromatic N) is 1. The van der Waals surface area contributed by atoms with Crippen LogP contribution >= 0.6 is 11.6 Å². The van der Waals surface area contributed by atoms with Crippen LogP contribution in [0.2, 0.25) is 5.02 Å². The summed E-state index contributed by atoms with van der Waals surface area (Å²) in [6.45, 7) is -0.200. The lowest BCUT2D eigenvalue weighted by atomic mass is 10.0. The number of amides is 1. The molecule has 0 aliphatic heterocycles. The van der Waals surface area contributed by atoms with E-state index < -0.39 is 24.4 Å². The maximum atomic E-state index is 13.9. The molecule has 0 saturated heterocycles. The first-order chi connectivity index (χ1) is 10.2. The first kappa shape index (κ1) is 16.3. The number of carbonyl (C=O) groups is 1. The Bertz CT molecular complexity index is 692. The van der Waals surface area contributed by atoms with Gasteiger partial charge in [0, 0.05) is 0 Å². The summed E-state index contributed by atoms with van der Waals surface area (Å²) in [5.41, 5.74) is -0.755. The molecule has 1 N–H and O–H groups in total. The van der Waals surface area contributed by atoms with Crippen molar-refractivity contribution in [1.29, 1.82) is 0 Å². The normalized spacial score (nSPS) is 11.5. The summed E-state index contributed by atoms with van der Waals surface area (Å²) in [4.78, 5) is 11.9. The van der Waals surface area contributed by atoms with Crippen LogP contribution in [0.15, 0.2) is 22.7 Å². The third kappa shape index (κ3) is 3.38. The number of aromatic nitrogens is 1. The monoisotopic (exact) mass is 336 g/mol. The lowest BCUT2D eigenvalue weighted by Crippen LogP contribution is -2.34. The second-order valence-corrected chi connectivity index (χ2v) is 4.76. The van der Waals surface area contributed by atoms with Crippen LogP contribution in [0.1, 0.15) is 16.1 Å². The van der Waals surface area contributed by atoms with Crippen molar-refractivity contribution in [2.45, 2.75) is 13.1 Å². The maximum absolute atomic E-state index is 13.9. The van der Waals surface area contributed by atoms with Crippen molar-refractivity contribution in [2.75, 3.05) is 6.54 Å². The fourth-order valence-electron chi connectivity index (χ4n) is 1.80. The van der Waals surface area contributed by atoms with Crippen LogP contribution in [0.5, 0.6) is 0 Å². The Kier molecular flexibility index (Phi) is 4.41. The number of hydrogen-bond donors (Lipinski definition) is 1. The predicted molar refractivity (Wildman–Crippen MR) is 70.0 cm³/mol. The van der Waals surface area contributed by atoms with E-state index in [1.54, 1.807) is 5.32 Å². The molecule has 0 saturated carbocycles. The standard InChI is InChI=1S/C13H9ClF4N2O2/c1-6-9(12(21)19-5-13(16,17)18)11(20-22-6)10-7(14)3-2-4-8(10)15/h2-4H,5H2,1H3,(H,19,21). The number of nitrogens with one attached hydrogen (secondary N) is 1. The average molecular weight is 337 g/mol. The molecule has 9 heteroatoms. The molecule has 0 aliphatic rings. The lowest BCUT2D eigenvalue weighted by molar-refractivity contribution is -0.123. The zero-order valence-electron chi connectivity index (χ0n) is 11.1. The van der Waals surface area contributed by atoms with E-state index in [1.807, 2.05) is 0 Å². The van der Waals surface area contributed by atoms with Gasteiger partial charge in [-0.2, -0.15) is 13.2 Å². The van der Waals surface area contributed by atoms with E-state index >= 15 is 0 Å². The summed E-state index contributed by atoms with van der Waals surface area (Å²) in [6, 6.07) is 3.79. The van der Waals surface area contributed by atoms with Gasteiger partial charge in [-0.1, -0.05) is 22.8 Å². The molecule has 0 unspecified atom stereocenters. The number of alkyl halides is 3. The van der Waals surface area contributed by atoms with Gasteiger partial charge in [0.2, 0.25) is 0 Å². The van der Waals surface area contributed by atoms with Gasteiger partial charge >= 0.3 is 6.18 Å². The summed E-state index contributed by atoms with van der Waals surface area (Å²) < 4.78 is 55.2. The number of rotatable bonds is 3. The van der Waals surface area contributed by atoms with Crippen LogP contribution in [0, 0.1) is 12.7 Å². The molecular weight excluding hydrogens is 328 g/mol. The molecule has 0 fully saturated rings. The van der Waals surface area contributed by atoms with E-state index in [2.05, 4.69) is 5.16 Å². The molecule has 2 rings (SSSR count). The maximum Gasteiger partial charge on any atom is 0.405 e. The SMILES string of the molecule is Cc1onc(-c2c(F)cccc2Cl)c1C(=O)NCC(F)(F)F. The van der Waals surface area contributed by atoms with Crippen molar-refractivity contribution in [2.24, 2.45) is 0 Å². The van der Waals surface area contributed by atoms with E-state index in [0.29, 0.717) is 0 Å². The van der Waals surface area contributed by atoms with Crippen LogP contribution in [0.4, 0.5) is 17.6 Å². The molecular formula is C13H9ClF4N2O2. The van der Waals surface area contributed by atoms with Crippen LogP contribution in [0.3, 0.4) is 0 Å². The second-order valence-electron chi connectivity index (χ2n) is 4.36. The molecule has 1 heterocycles. The highest BCUT2D eigenvalue weighted by Gasteiger charge is 2.31. The molecule has 1 aromatic carbocycles. The predicted octanol–water partition coefficient (Wildman–Crippen LogP) is 3.73. The van der Waals surface area contributed by atoms with E-state index in [1.165, 1.54) is 19.1 Å². The van der Waals surface area contributed by atoms with Gasteiger partial charge in [-0.3, -0.25) is 4.79 Å². The molecule has 1 aromatic heterocycles. The Morgan fingerprint density at radius 2 is 2.09 bits per heavy atom. The highest BCUT2D eigenvalue weighted by Crippen LogP contribution is 2.33. The van der Waals surface area contributed by atoms with Gasteiger partial charge in [0.25, 0.3) is 5.91 Å². The molecule has 4 nitrogen and oxygen atoms in total. The Morgan fingerprint density at radius 3 is 2.68 bits per heavy atom. The molecule has 118 valence electrons. The molecule has 0 bridgehead atoms. The quantitative estimate of drug-likeness (QED) is 0.869. The highest BCUT2D eigenvalue weighted by atomic mass is 35.5. The van der Waals surface area contributed by atoms with Gasteiger partial charge in [-0.25, -0.2) is 4.39 Å². The minimum absolute atomic E-state index is 0.0434. The van der Waals surface area contributed by atoms with Gasteiger partial charge in [-0.05, 0) is 19.1 Å². The fourth-order valence-corrected chi connectivity index (χ4v) is 2.06. The number of carbonyl (C=O) groups excluding carboxylic acids is 1. The zero-order valence-corrected chi connectivity index (χ0v) is 11.8. The van der Waals surface area contributed by atoms with Crippen LogP contribution in [-0.2, 0) is 0 Å². The number of aryl methyl sites for hydroxylation is 1.